The minimum atomic E-state index is 0.750. The molecule has 0 unspecified atom stereocenters. The summed E-state index contributed by atoms with van der Waals surface area (Å²) in [5.41, 5.74) is 4.11. The maximum Gasteiger partial charge on any atom is -0.153 e. The van der Waals surface area contributed by atoms with Crippen LogP contribution in [0.5, 0.6) is 0 Å². The Hall–Kier alpha value is -1.71. The molecular weight excluding hydrogens is 332 g/mol. The van der Waals surface area contributed by atoms with E-state index in [0.29, 0.717) is 0 Å². The third-order valence-corrected chi connectivity index (χ3v) is 4.93. The second-order valence-corrected chi connectivity index (χ2v) is 6.05. The number of hydrogen-bond acceptors (Lipinski definition) is 2. The molecule has 3 heteroatoms. The Morgan fingerprint density at radius 1 is 0.875 bits per heavy atom. The first-order valence-corrected chi connectivity index (χ1v) is 8.41. The van der Waals surface area contributed by atoms with Crippen molar-refractivity contribution in [1.29, 1.82) is 0 Å². The summed E-state index contributed by atoms with van der Waals surface area (Å²) in [5, 5.41) is 21.7. The third kappa shape index (κ3) is 3.11. The molecule has 2 nitrogen and oxygen atoms in total. The molecule has 2 aromatic carbocycles. The monoisotopic (exact) mass is 351 g/mol. The minimum absolute atomic E-state index is 0.750. The van der Waals surface area contributed by atoms with E-state index in [2.05, 4.69) is 81.6 Å². The molecule has 0 aromatic heterocycles. The van der Waals surface area contributed by atoms with E-state index < -0.39 is 0 Å². The van der Waals surface area contributed by atoms with Crippen molar-refractivity contribution in [3.05, 3.63) is 86.6 Å². The zero-order valence-corrected chi connectivity index (χ0v) is 15.5. The molecule has 24 heavy (non-hydrogen) atoms. The average Bonchev–Trinajstić information content (AvgIpc) is 3.27. The van der Waals surface area contributed by atoms with Gasteiger partial charge < -0.3 is 10.2 Å². The second-order valence-electron chi connectivity index (χ2n) is 5.27. The topological polar surface area (TPSA) is 46.1 Å². The largest absolute Gasteiger partial charge is 0.857 e. The van der Waals surface area contributed by atoms with Gasteiger partial charge in [0.25, 0.3) is 0 Å². The standard InChI is InChI=1S/C19H13.2CH3O.Ti/c1-13-10-11-17-16-9-5-4-8-15(16)12-18(17)19(13)14-6-2-3-7-14;2*1-2;/h2-6,8-11H,1,7H2;2*1H3;/q;2*-1;+2. The van der Waals surface area contributed by atoms with Gasteiger partial charge in [0.1, 0.15) is 0 Å². The van der Waals surface area contributed by atoms with Crippen LogP contribution in [0.15, 0.2) is 54.6 Å². The summed E-state index contributed by atoms with van der Waals surface area (Å²) in [5.74, 6) is 0. The maximum atomic E-state index is 8.25. The van der Waals surface area contributed by atoms with Crippen LogP contribution in [0.1, 0.15) is 17.5 Å². The Kier molecular flexibility index (Phi) is 6.53. The zero-order valence-electron chi connectivity index (χ0n) is 13.9. The van der Waals surface area contributed by atoms with Gasteiger partial charge >= 0.3 is 130 Å². The van der Waals surface area contributed by atoms with Crippen LogP contribution < -0.4 is 20.7 Å². The van der Waals surface area contributed by atoms with Gasteiger partial charge in [-0.25, -0.2) is 0 Å². The van der Waals surface area contributed by atoms with Gasteiger partial charge in [0, 0.05) is 0 Å². The maximum absolute atomic E-state index is 8.25. The van der Waals surface area contributed by atoms with Crippen LogP contribution in [0.2, 0.25) is 0 Å². The molecule has 2 aromatic rings. The average molecular weight is 351 g/mol. The van der Waals surface area contributed by atoms with E-state index in [1.807, 2.05) is 0 Å². The van der Waals surface area contributed by atoms with E-state index in [4.69, 9.17) is 10.2 Å². The SMILES string of the molecule is C=c1ccc2c(c1C1=CC=CC1)[C]([Ti+2])=c1ccccc1=2.C[O-].C[O-]. The number of hydrogen-bond donors (Lipinski definition) is 0. The van der Waals surface area contributed by atoms with E-state index in [9.17, 15) is 0 Å². The number of benzene rings is 2. The fraction of sp³-hybridized carbons (Fsp3) is 0.143. The molecular formula is C21H19O2Ti. The van der Waals surface area contributed by atoms with Gasteiger partial charge in [0.05, 0.1) is 0 Å². The van der Waals surface area contributed by atoms with E-state index in [0.717, 1.165) is 25.9 Å². The van der Waals surface area contributed by atoms with E-state index >= 15 is 0 Å². The summed E-state index contributed by atoms with van der Waals surface area (Å²) in [6, 6.07) is 13.1. The quantitative estimate of drug-likeness (QED) is 0.710. The van der Waals surface area contributed by atoms with Crippen LogP contribution in [0, 0.1) is 10.4 Å². The van der Waals surface area contributed by atoms with Crippen molar-refractivity contribution in [2.45, 2.75) is 6.42 Å². The molecule has 0 spiro atoms. The van der Waals surface area contributed by atoms with Gasteiger partial charge in [-0.05, 0) is 0 Å². The zero-order chi connectivity index (χ0) is 17.7. The Balaban J connectivity index is 0.000000487. The van der Waals surface area contributed by atoms with Crippen molar-refractivity contribution in [3.63, 3.8) is 0 Å². The van der Waals surface area contributed by atoms with Crippen molar-refractivity contribution in [1.82, 2.24) is 0 Å². The first-order chi connectivity index (χ1) is 11.8. The molecule has 0 heterocycles. The van der Waals surface area contributed by atoms with Gasteiger partial charge in [-0.3, -0.25) is 0 Å². The van der Waals surface area contributed by atoms with Crippen LogP contribution in [0.4, 0.5) is 0 Å². The molecule has 2 aliphatic carbocycles. The molecule has 0 N–H and O–H groups in total. The Morgan fingerprint density at radius 3 is 2.17 bits per heavy atom. The summed E-state index contributed by atoms with van der Waals surface area (Å²) >= 11 is 2.23. The molecule has 2 aliphatic rings. The molecule has 0 fully saturated rings. The molecule has 0 saturated carbocycles. The normalized spacial score (nSPS) is 13.2. The predicted octanol–water partition coefficient (Wildman–Crippen LogP) is 0.697. The number of fused-ring (bicyclic) bond motifs is 2. The third-order valence-electron chi connectivity index (χ3n) is 4.12. The Labute approximate surface area is 153 Å². The first-order valence-electron chi connectivity index (χ1n) is 7.63. The summed E-state index contributed by atoms with van der Waals surface area (Å²) < 4.78 is 1.38. The van der Waals surface area contributed by atoms with Gasteiger partial charge in [-0.2, -0.15) is 14.2 Å². The predicted molar refractivity (Wildman–Crippen MR) is 91.4 cm³/mol. The summed E-state index contributed by atoms with van der Waals surface area (Å²) in [7, 11) is 1.50. The van der Waals surface area contributed by atoms with E-state index in [-0.39, 0.29) is 0 Å². The fourth-order valence-corrected chi connectivity index (χ4v) is 3.95. The van der Waals surface area contributed by atoms with Crippen LogP contribution in [0.3, 0.4) is 0 Å². The van der Waals surface area contributed by atoms with Crippen molar-refractivity contribution < 1.29 is 30.6 Å². The van der Waals surface area contributed by atoms with Gasteiger partial charge in [-0.1, -0.05) is 0 Å². The van der Waals surface area contributed by atoms with Gasteiger partial charge in [-0.15, -0.1) is 0 Å². The molecule has 0 amide bonds. The number of rotatable bonds is 1. The van der Waals surface area contributed by atoms with Gasteiger partial charge in [0.15, 0.2) is 0 Å². The van der Waals surface area contributed by atoms with Crippen LogP contribution in [-0.4, -0.2) is 14.2 Å². The summed E-state index contributed by atoms with van der Waals surface area (Å²) in [6.45, 7) is 4.26. The van der Waals surface area contributed by atoms with Crippen molar-refractivity contribution in [3.8, 4) is 0 Å². The molecule has 4 rings (SSSR count). The van der Waals surface area contributed by atoms with E-state index in [1.165, 1.54) is 36.2 Å². The molecule has 0 radical (unpaired) electrons. The molecule has 0 aliphatic heterocycles. The molecule has 0 bridgehead atoms. The smallest absolute Gasteiger partial charge is 0.153 e. The van der Waals surface area contributed by atoms with Gasteiger partial charge in [0.2, 0.25) is 0 Å². The van der Waals surface area contributed by atoms with Crippen molar-refractivity contribution >= 4 is 16.0 Å². The fourth-order valence-electron chi connectivity index (χ4n) is 3.20. The van der Waals surface area contributed by atoms with Crippen LogP contribution in [0.25, 0.3) is 16.0 Å². The number of allylic oxidation sites excluding steroid dienone is 4. The molecule has 119 valence electrons. The van der Waals surface area contributed by atoms with Crippen LogP contribution >= 0.6 is 0 Å². The minimum Gasteiger partial charge on any atom is -0.857 e. The van der Waals surface area contributed by atoms with E-state index in [1.54, 1.807) is 0 Å². The van der Waals surface area contributed by atoms with Crippen molar-refractivity contribution in [2.24, 2.45) is 0 Å². The Bertz CT molecular complexity index is 1000. The summed E-state index contributed by atoms with van der Waals surface area (Å²) in [4.78, 5) is 0. The first kappa shape index (κ1) is 18.6. The van der Waals surface area contributed by atoms with Crippen molar-refractivity contribution in [2.75, 3.05) is 14.2 Å². The Morgan fingerprint density at radius 2 is 1.54 bits per heavy atom. The molecule has 0 atom stereocenters. The molecule has 0 saturated heterocycles. The second kappa shape index (κ2) is 8.41. The van der Waals surface area contributed by atoms with Crippen LogP contribution in [-0.2, 0) is 20.4 Å². The summed E-state index contributed by atoms with van der Waals surface area (Å²) in [6.07, 6.45) is 7.60.